The number of hydrogen-bond acceptors (Lipinski definition) is 7. The van der Waals surface area contributed by atoms with Gasteiger partial charge in [0.2, 0.25) is 47.0 Å². The Labute approximate surface area is 246 Å². The van der Waals surface area contributed by atoms with Crippen LogP contribution in [0.25, 0.3) is 0 Å². The molecule has 0 spiro atoms. The predicted octanol–water partition coefficient (Wildman–Crippen LogP) is 5.05. The minimum atomic E-state index is -3.44. The highest BCUT2D eigenvalue weighted by atomic mass is 30.0. The van der Waals surface area contributed by atoms with Crippen LogP contribution in [0.15, 0.2) is 73.7 Å². The molecule has 0 fully saturated rings. The smallest absolute Gasteiger partial charge is 0.250 e. The van der Waals surface area contributed by atoms with Crippen molar-refractivity contribution in [3.63, 3.8) is 0 Å². The summed E-state index contributed by atoms with van der Waals surface area (Å²) >= 11 is 0. The maximum atomic E-state index is 8.38. The Morgan fingerprint density at radius 1 is 0.333 bits per heavy atom. The summed E-state index contributed by atoms with van der Waals surface area (Å²) in [5.41, 5.74) is 11.8. The second-order valence-corrected chi connectivity index (χ2v) is 71.8. The Morgan fingerprint density at radius 3 is 0.538 bits per heavy atom. The van der Waals surface area contributed by atoms with Crippen molar-refractivity contribution in [2.75, 3.05) is 42.7 Å². The van der Waals surface area contributed by atoms with Gasteiger partial charge in [0, 0.05) is 42.7 Å². The lowest BCUT2D eigenvalue weighted by Gasteiger charge is -2.64. The fraction of sp³-hybridized carbons (Fsp3) is 0.500. The van der Waals surface area contributed by atoms with E-state index in [1.807, 2.05) is 34.2 Å². The molecule has 0 saturated carbocycles. The summed E-state index contributed by atoms with van der Waals surface area (Å²) in [6.07, 6.45) is 0. The van der Waals surface area contributed by atoms with Gasteiger partial charge in [-0.15, -0.1) is 39.5 Å². The molecule has 224 valence electrons. The van der Waals surface area contributed by atoms with E-state index in [0.29, 0.717) is 0 Å². The van der Waals surface area contributed by atoms with E-state index >= 15 is 0 Å². The van der Waals surface area contributed by atoms with Crippen molar-refractivity contribution in [2.45, 2.75) is 39.3 Å². The molecular formula is C24H54O7Si8. The zero-order valence-corrected chi connectivity index (χ0v) is 34.6. The van der Waals surface area contributed by atoms with Crippen molar-refractivity contribution < 1.29 is 30.7 Å². The van der Waals surface area contributed by atoms with Gasteiger partial charge in [0.15, 0.2) is 0 Å². The topological polar surface area (TPSA) is 64.6 Å². The lowest BCUT2D eigenvalue weighted by molar-refractivity contribution is 0.375. The molecule has 0 aliphatic rings. The van der Waals surface area contributed by atoms with Crippen molar-refractivity contribution in [1.82, 2.24) is 0 Å². The third-order valence-electron chi connectivity index (χ3n) is 9.38. The van der Waals surface area contributed by atoms with E-state index in [0.717, 1.165) is 0 Å². The molecule has 0 rings (SSSR count). The summed E-state index contributed by atoms with van der Waals surface area (Å²) in [7, 11) is -7.62. The molecule has 0 aromatic heterocycles. The summed E-state index contributed by atoms with van der Waals surface area (Å²) < 4.78 is 47.8. The molecule has 15 heteroatoms. The van der Waals surface area contributed by atoms with Gasteiger partial charge in [-0.1, -0.05) is 34.2 Å². The van der Waals surface area contributed by atoms with Crippen molar-refractivity contribution in [1.29, 1.82) is 0 Å². The highest BCUT2D eigenvalue weighted by Crippen LogP contribution is 2.49. The molecule has 0 aromatic carbocycles. The largest absolute Gasteiger partial charge is 0.456 e. The third-order valence-corrected chi connectivity index (χ3v) is 122. The predicted molar refractivity (Wildman–Crippen MR) is 186 cm³/mol. The fourth-order valence-corrected chi connectivity index (χ4v) is 154. The van der Waals surface area contributed by atoms with Gasteiger partial charge in [-0.3, -0.25) is 0 Å². The first-order chi connectivity index (χ1) is 17.9. The first-order valence-corrected chi connectivity index (χ1v) is 37.5. The standard InChI is InChI=1S/C24H54O7Si8/c1-19-32(13,25-7)38(33(14,20-2)26-8,34(15,21-3)27-9)31-39(35(16,22-4)28-10,36(17,23-5)29-11)37(18,24-6)30-12/h19-24H,1-6H2,7-18H3. The zero-order chi connectivity index (χ0) is 31.2. The second kappa shape index (κ2) is 13.9. The van der Waals surface area contributed by atoms with E-state index in [9.17, 15) is 0 Å². The van der Waals surface area contributed by atoms with Crippen molar-refractivity contribution >= 4 is 60.7 Å². The highest BCUT2D eigenvalue weighted by Gasteiger charge is 2.84. The maximum absolute atomic E-state index is 8.38. The molecular weight excluding hydrogens is 625 g/mol. The fourth-order valence-electron chi connectivity index (χ4n) is 6.02. The van der Waals surface area contributed by atoms with Gasteiger partial charge in [0.25, 0.3) is 13.7 Å². The number of hydrogen-bond donors (Lipinski definition) is 0. The van der Waals surface area contributed by atoms with E-state index in [2.05, 4.69) is 78.8 Å². The van der Waals surface area contributed by atoms with Gasteiger partial charge in [-0.2, -0.15) is 0 Å². The van der Waals surface area contributed by atoms with Crippen LogP contribution in [0.1, 0.15) is 0 Å². The van der Waals surface area contributed by atoms with Crippen LogP contribution in [-0.2, 0) is 30.7 Å². The van der Waals surface area contributed by atoms with Gasteiger partial charge in [-0.05, 0) is 39.3 Å². The summed E-state index contributed by atoms with van der Waals surface area (Å²) in [4.78, 5) is 0. The summed E-state index contributed by atoms with van der Waals surface area (Å²) in [5, 5.41) is 0. The molecule has 6 atom stereocenters. The Hall–Kier alpha value is -0.105. The Balaban J connectivity index is 9.21. The van der Waals surface area contributed by atoms with Crippen LogP contribution in [0.2, 0.25) is 39.3 Å². The Morgan fingerprint density at radius 2 is 0.462 bits per heavy atom. The maximum Gasteiger partial charge on any atom is 0.250 e. The van der Waals surface area contributed by atoms with Crippen LogP contribution < -0.4 is 0 Å². The van der Waals surface area contributed by atoms with Crippen molar-refractivity contribution in [3.05, 3.63) is 73.7 Å². The van der Waals surface area contributed by atoms with Crippen LogP contribution in [0.5, 0.6) is 0 Å². The quantitative estimate of drug-likeness (QED) is 0.167. The molecule has 0 saturated heterocycles. The van der Waals surface area contributed by atoms with E-state index in [4.69, 9.17) is 30.7 Å². The molecule has 0 aliphatic heterocycles. The SMILES string of the molecule is C=C[Si](C)(OC)[Si](O[Si]([Si](C)(C=C)OC)([Si](C)(C=C)OC)[Si](C)(C=C)OC)([Si](C)(C=C)OC)[Si](C)(C=C)OC. The van der Waals surface area contributed by atoms with Crippen LogP contribution in [0.3, 0.4) is 0 Å². The monoisotopic (exact) mass is 678 g/mol. The van der Waals surface area contributed by atoms with Crippen LogP contribution in [0, 0.1) is 0 Å². The van der Waals surface area contributed by atoms with Gasteiger partial charge < -0.3 is 30.7 Å². The van der Waals surface area contributed by atoms with Gasteiger partial charge >= 0.3 is 0 Å². The second-order valence-electron chi connectivity index (χ2n) is 10.6. The average Bonchev–Trinajstić information content (AvgIpc) is 2.99. The summed E-state index contributed by atoms with van der Waals surface area (Å²) in [5.74, 6) is 0. The van der Waals surface area contributed by atoms with Crippen molar-refractivity contribution in [3.8, 4) is 0 Å². The first kappa shape index (κ1) is 38.9. The van der Waals surface area contributed by atoms with E-state index in [-0.39, 0.29) is 0 Å². The van der Waals surface area contributed by atoms with Gasteiger partial charge in [0.05, 0.1) is 0 Å². The summed E-state index contributed by atoms with van der Waals surface area (Å²) in [6, 6.07) is 0. The van der Waals surface area contributed by atoms with E-state index in [1.165, 1.54) is 0 Å². The molecule has 39 heavy (non-hydrogen) atoms. The third kappa shape index (κ3) is 5.31. The van der Waals surface area contributed by atoms with Crippen LogP contribution >= 0.6 is 0 Å². The lowest BCUT2D eigenvalue weighted by atomic mass is 11.3. The van der Waals surface area contributed by atoms with Crippen LogP contribution in [0.4, 0.5) is 0 Å². The molecule has 6 unspecified atom stereocenters. The Bertz CT molecular complexity index is 758. The molecule has 0 bridgehead atoms. The normalized spacial score (nSPS) is 24.3. The van der Waals surface area contributed by atoms with E-state index < -0.39 is 60.7 Å². The Kier molecular flexibility index (Phi) is 13.9. The minimum absolute atomic E-state index is 1.74. The molecule has 0 amide bonds. The van der Waals surface area contributed by atoms with Gasteiger partial charge in [-0.25, -0.2) is 0 Å². The molecule has 7 nitrogen and oxygen atoms in total. The lowest BCUT2D eigenvalue weighted by Crippen LogP contribution is -2.98. The average molecular weight is 679 g/mol. The highest BCUT2D eigenvalue weighted by molar-refractivity contribution is 7.94. The molecule has 0 heterocycles. The van der Waals surface area contributed by atoms with Gasteiger partial charge in [0.1, 0.15) is 0 Å². The molecule has 0 N–H and O–H groups in total. The van der Waals surface area contributed by atoms with Crippen LogP contribution in [-0.4, -0.2) is 103 Å². The first-order valence-electron chi connectivity index (χ1n) is 12.8. The molecule has 0 aliphatic carbocycles. The summed E-state index contributed by atoms with van der Waals surface area (Å²) in [6.45, 7) is 32.0. The van der Waals surface area contributed by atoms with E-state index in [1.54, 1.807) is 42.7 Å². The van der Waals surface area contributed by atoms with Crippen molar-refractivity contribution in [2.24, 2.45) is 0 Å². The molecule has 0 aromatic rings. The zero-order valence-electron chi connectivity index (χ0n) is 26.6. The minimum Gasteiger partial charge on any atom is -0.456 e. The number of rotatable bonds is 20. The molecule has 0 radical (unpaired) electrons.